The lowest BCUT2D eigenvalue weighted by molar-refractivity contribution is -0.135. The number of carbonyl (C=O) groups is 1. The van der Waals surface area contributed by atoms with Crippen LogP contribution >= 0.6 is 0 Å². The molecule has 1 aliphatic carbocycles. The van der Waals surface area contributed by atoms with E-state index >= 15 is 0 Å². The largest absolute Gasteiger partial charge is 0.337 e. The molecule has 0 radical (unpaired) electrons. The fourth-order valence-electron chi connectivity index (χ4n) is 4.24. The summed E-state index contributed by atoms with van der Waals surface area (Å²) in [4.78, 5) is 20.1. The van der Waals surface area contributed by atoms with Crippen LogP contribution in [0.15, 0.2) is 59.1 Å². The molecular weight excluding hydrogens is 350 g/mol. The molecule has 142 valence electrons. The lowest BCUT2D eigenvalue weighted by Gasteiger charge is -2.27. The maximum absolute atomic E-state index is 13.5. The first-order chi connectivity index (χ1) is 13.7. The fraction of sp³-hybridized carbons (Fsp3) is 0.348. The first-order valence-corrected chi connectivity index (χ1v) is 9.95. The highest BCUT2D eigenvalue weighted by molar-refractivity contribution is 5.91. The van der Waals surface area contributed by atoms with Gasteiger partial charge >= 0.3 is 0 Å². The Balaban J connectivity index is 1.40. The van der Waals surface area contributed by atoms with Gasteiger partial charge in [-0.1, -0.05) is 65.3 Å². The molecular formula is C23H23N3O2. The molecule has 5 heteroatoms. The Labute approximate surface area is 164 Å². The quantitative estimate of drug-likeness (QED) is 0.678. The summed E-state index contributed by atoms with van der Waals surface area (Å²) in [5.41, 5.74) is 2.88. The minimum Gasteiger partial charge on any atom is -0.337 e. The Bertz CT molecular complexity index is 990. The summed E-state index contributed by atoms with van der Waals surface area (Å²) in [7, 11) is 0. The highest BCUT2D eigenvalue weighted by Crippen LogP contribution is 2.51. The molecule has 1 saturated carbocycles. The number of carbonyl (C=O) groups excluding carboxylic acids is 1. The van der Waals surface area contributed by atoms with Crippen molar-refractivity contribution in [3.63, 3.8) is 0 Å². The topological polar surface area (TPSA) is 59.2 Å². The average molecular weight is 373 g/mol. The van der Waals surface area contributed by atoms with Crippen molar-refractivity contribution in [3.05, 3.63) is 71.6 Å². The molecule has 1 aromatic heterocycles. The van der Waals surface area contributed by atoms with Crippen molar-refractivity contribution >= 4 is 5.91 Å². The Morgan fingerprint density at radius 1 is 1.11 bits per heavy atom. The second kappa shape index (κ2) is 6.59. The van der Waals surface area contributed by atoms with E-state index < -0.39 is 0 Å². The number of likely N-dealkylation sites (tertiary alicyclic amines) is 1. The second-order valence-corrected chi connectivity index (χ2v) is 7.93. The van der Waals surface area contributed by atoms with Crippen molar-refractivity contribution < 1.29 is 9.32 Å². The van der Waals surface area contributed by atoms with E-state index in [0.29, 0.717) is 11.7 Å². The van der Waals surface area contributed by atoms with E-state index in [2.05, 4.69) is 22.3 Å². The van der Waals surface area contributed by atoms with Crippen LogP contribution in [0.2, 0.25) is 0 Å². The van der Waals surface area contributed by atoms with Gasteiger partial charge in [0.25, 0.3) is 0 Å². The molecule has 1 aliphatic heterocycles. The predicted octanol–water partition coefficient (Wildman–Crippen LogP) is 4.44. The van der Waals surface area contributed by atoms with Crippen LogP contribution in [0.5, 0.6) is 0 Å². The van der Waals surface area contributed by atoms with Gasteiger partial charge in [0.15, 0.2) is 0 Å². The Morgan fingerprint density at radius 3 is 2.57 bits per heavy atom. The van der Waals surface area contributed by atoms with Crippen molar-refractivity contribution in [2.75, 3.05) is 6.54 Å². The summed E-state index contributed by atoms with van der Waals surface area (Å²) in [6.45, 7) is 2.80. The van der Waals surface area contributed by atoms with E-state index in [9.17, 15) is 4.79 Å². The van der Waals surface area contributed by atoms with Gasteiger partial charge in [0.1, 0.15) is 6.04 Å². The average Bonchev–Trinajstić information content (AvgIpc) is 3.15. The Hall–Kier alpha value is -2.95. The number of rotatable bonds is 4. The molecule has 2 fully saturated rings. The van der Waals surface area contributed by atoms with E-state index in [1.54, 1.807) is 0 Å². The molecule has 2 aromatic carbocycles. The molecule has 1 atom stereocenters. The number of aryl methyl sites for hydroxylation is 1. The molecule has 1 saturated heterocycles. The zero-order valence-corrected chi connectivity index (χ0v) is 16.0. The summed E-state index contributed by atoms with van der Waals surface area (Å²) in [5.74, 6) is 1.33. The third-order valence-corrected chi connectivity index (χ3v) is 6.04. The van der Waals surface area contributed by atoms with Gasteiger partial charge < -0.3 is 9.42 Å². The molecule has 1 amide bonds. The minimum atomic E-state index is -0.357. The monoisotopic (exact) mass is 373 g/mol. The minimum absolute atomic E-state index is 0.125. The lowest BCUT2D eigenvalue weighted by atomic mass is 9.94. The number of benzene rings is 2. The summed E-state index contributed by atoms with van der Waals surface area (Å²) >= 11 is 0. The SMILES string of the molecule is Cc1ccc(-c2noc([C@@H]3CCCN3C(=O)C3(c4ccccc4)CC3)n2)cc1. The van der Waals surface area contributed by atoms with E-state index in [1.807, 2.05) is 54.3 Å². The van der Waals surface area contributed by atoms with Crippen LogP contribution < -0.4 is 0 Å². The molecule has 2 heterocycles. The number of aromatic nitrogens is 2. The van der Waals surface area contributed by atoms with Crippen LogP contribution in [0.3, 0.4) is 0 Å². The molecule has 3 aromatic rings. The van der Waals surface area contributed by atoms with Gasteiger partial charge in [-0.2, -0.15) is 4.98 Å². The van der Waals surface area contributed by atoms with E-state index in [1.165, 1.54) is 5.56 Å². The third kappa shape index (κ3) is 2.82. The first kappa shape index (κ1) is 17.2. The molecule has 0 N–H and O–H groups in total. The van der Waals surface area contributed by atoms with Gasteiger partial charge in [0, 0.05) is 12.1 Å². The normalized spacial score (nSPS) is 20.3. The van der Waals surface area contributed by atoms with Gasteiger partial charge in [0.2, 0.25) is 17.6 Å². The molecule has 0 bridgehead atoms. The number of nitrogens with zero attached hydrogens (tertiary/aromatic N) is 3. The molecule has 5 rings (SSSR count). The van der Waals surface area contributed by atoms with Crippen LogP contribution in [0.25, 0.3) is 11.4 Å². The predicted molar refractivity (Wildman–Crippen MR) is 106 cm³/mol. The van der Waals surface area contributed by atoms with Crippen molar-refractivity contribution in [2.24, 2.45) is 0 Å². The number of hydrogen-bond donors (Lipinski definition) is 0. The van der Waals surface area contributed by atoms with Crippen LogP contribution in [0, 0.1) is 6.92 Å². The molecule has 0 spiro atoms. The molecule has 2 aliphatic rings. The zero-order chi connectivity index (χ0) is 19.1. The summed E-state index contributed by atoms with van der Waals surface area (Å²) in [6.07, 6.45) is 3.66. The van der Waals surface area contributed by atoms with Crippen LogP contribution in [0.1, 0.15) is 48.7 Å². The molecule has 5 nitrogen and oxygen atoms in total. The van der Waals surface area contributed by atoms with Crippen LogP contribution in [-0.2, 0) is 10.2 Å². The summed E-state index contributed by atoms with van der Waals surface area (Å²) < 4.78 is 5.60. The highest BCUT2D eigenvalue weighted by atomic mass is 16.5. The van der Waals surface area contributed by atoms with E-state index in [0.717, 1.165) is 43.4 Å². The Kier molecular flexibility index (Phi) is 4.04. The summed E-state index contributed by atoms with van der Waals surface area (Å²) in [6, 6.07) is 18.1. The maximum Gasteiger partial charge on any atom is 0.249 e. The Morgan fingerprint density at radius 2 is 1.86 bits per heavy atom. The summed E-state index contributed by atoms with van der Waals surface area (Å²) in [5, 5.41) is 4.17. The van der Waals surface area contributed by atoms with Crippen molar-refractivity contribution in [3.8, 4) is 11.4 Å². The number of hydrogen-bond acceptors (Lipinski definition) is 4. The number of amides is 1. The standard InChI is InChI=1S/C23H23N3O2/c1-16-9-11-17(12-10-16)20-24-21(28-25-20)19-8-5-15-26(19)22(27)23(13-14-23)18-6-3-2-4-7-18/h2-4,6-7,9-12,19H,5,8,13-15H2,1H3/t19-/m0/s1. The van der Waals surface area contributed by atoms with Gasteiger partial charge in [-0.3, -0.25) is 4.79 Å². The smallest absolute Gasteiger partial charge is 0.249 e. The highest BCUT2D eigenvalue weighted by Gasteiger charge is 2.54. The van der Waals surface area contributed by atoms with E-state index in [-0.39, 0.29) is 17.4 Å². The second-order valence-electron chi connectivity index (χ2n) is 7.93. The molecule has 28 heavy (non-hydrogen) atoms. The van der Waals surface area contributed by atoms with Crippen molar-refractivity contribution in [1.82, 2.24) is 15.0 Å². The van der Waals surface area contributed by atoms with Crippen LogP contribution in [0.4, 0.5) is 0 Å². The van der Waals surface area contributed by atoms with Gasteiger partial charge in [-0.15, -0.1) is 0 Å². The van der Waals surface area contributed by atoms with Crippen LogP contribution in [-0.4, -0.2) is 27.5 Å². The van der Waals surface area contributed by atoms with Crippen molar-refractivity contribution in [1.29, 1.82) is 0 Å². The molecule has 0 unspecified atom stereocenters. The third-order valence-electron chi connectivity index (χ3n) is 6.04. The lowest BCUT2D eigenvalue weighted by Crippen LogP contribution is -2.39. The van der Waals surface area contributed by atoms with E-state index in [4.69, 9.17) is 4.52 Å². The van der Waals surface area contributed by atoms with Gasteiger partial charge in [-0.05, 0) is 38.2 Å². The maximum atomic E-state index is 13.5. The zero-order valence-electron chi connectivity index (χ0n) is 16.0. The van der Waals surface area contributed by atoms with Gasteiger partial charge in [0.05, 0.1) is 5.41 Å². The van der Waals surface area contributed by atoms with Crippen molar-refractivity contribution in [2.45, 2.75) is 44.1 Å². The fourth-order valence-corrected chi connectivity index (χ4v) is 4.24. The van der Waals surface area contributed by atoms with Gasteiger partial charge in [-0.25, -0.2) is 0 Å². The first-order valence-electron chi connectivity index (χ1n) is 9.95.